The highest BCUT2D eigenvalue weighted by atomic mass is 127. The average molecular weight is 490 g/mol. The van der Waals surface area contributed by atoms with Crippen LogP contribution in [0, 0.1) is 12.3 Å². The molecule has 1 aromatic heterocycles. The van der Waals surface area contributed by atoms with Gasteiger partial charge < -0.3 is 19.8 Å². The second-order valence-electron chi connectivity index (χ2n) is 7.63. The van der Waals surface area contributed by atoms with Gasteiger partial charge in [0.05, 0.1) is 19.3 Å². The summed E-state index contributed by atoms with van der Waals surface area (Å²) in [4.78, 5) is 6.85. The molecule has 1 saturated heterocycles. The van der Waals surface area contributed by atoms with Gasteiger partial charge >= 0.3 is 0 Å². The normalized spacial score (nSPS) is 21.1. The SMILES string of the molecule is CCC1(CNC(=NC)NCC(c2ccc(C)o2)N2CCOCC2)CCC1.I. The van der Waals surface area contributed by atoms with Gasteiger partial charge in [-0.05, 0) is 43.7 Å². The predicted molar refractivity (Wildman–Crippen MR) is 120 cm³/mol. The van der Waals surface area contributed by atoms with Crippen molar-refractivity contribution < 1.29 is 9.15 Å². The van der Waals surface area contributed by atoms with Gasteiger partial charge in [0.25, 0.3) is 0 Å². The number of guanidine groups is 1. The molecule has 2 heterocycles. The van der Waals surface area contributed by atoms with Crippen LogP contribution >= 0.6 is 24.0 Å². The van der Waals surface area contributed by atoms with Gasteiger partial charge in [-0.15, -0.1) is 24.0 Å². The minimum absolute atomic E-state index is 0. The van der Waals surface area contributed by atoms with Crippen molar-refractivity contribution in [3.63, 3.8) is 0 Å². The lowest BCUT2D eigenvalue weighted by molar-refractivity contribution is 0.0124. The van der Waals surface area contributed by atoms with Crippen molar-refractivity contribution in [1.29, 1.82) is 0 Å². The van der Waals surface area contributed by atoms with Crippen LogP contribution in [0.5, 0.6) is 0 Å². The van der Waals surface area contributed by atoms with Crippen molar-refractivity contribution in [3.8, 4) is 0 Å². The maximum Gasteiger partial charge on any atom is 0.191 e. The van der Waals surface area contributed by atoms with Crippen LogP contribution in [-0.4, -0.2) is 57.3 Å². The molecule has 0 bridgehead atoms. The molecule has 2 fully saturated rings. The molecule has 0 spiro atoms. The van der Waals surface area contributed by atoms with Crippen LogP contribution in [0.15, 0.2) is 21.5 Å². The van der Waals surface area contributed by atoms with Gasteiger partial charge in [0.2, 0.25) is 0 Å². The Balaban J connectivity index is 0.00000261. The molecular formula is C20H35IN4O2. The summed E-state index contributed by atoms with van der Waals surface area (Å²) in [5.74, 6) is 2.85. The summed E-state index contributed by atoms with van der Waals surface area (Å²) >= 11 is 0. The van der Waals surface area contributed by atoms with E-state index in [0.29, 0.717) is 5.41 Å². The lowest BCUT2D eigenvalue weighted by Gasteiger charge is -2.41. The molecule has 7 heteroatoms. The highest BCUT2D eigenvalue weighted by molar-refractivity contribution is 14.0. The topological polar surface area (TPSA) is 62.0 Å². The van der Waals surface area contributed by atoms with Crippen molar-refractivity contribution in [2.45, 2.75) is 45.6 Å². The van der Waals surface area contributed by atoms with E-state index in [1.54, 1.807) is 0 Å². The molecular weight excluding hydrogens is 455 g/mol. The van der Waals surface area contributed by atoms with Crippen LogP contribution in [0.1, 0.15) is 50.2 Å². The van der Waals surface area contributed by atoms with E-state index in [9.17, 15) is 0 Å². The van der Waals surface area contributed by atoms with Crippen LogP contribution in [0.4, 0.5) is 0 Å². The molecule has 1 saturated carbocycles. The number of rotatable bonds is 7. The maximum absolute atomic E-state index is 5.94. The number of hydrogen-bond acceptors (Lipinski definition) is 4. The second-order valence-corrected chi connectivity index (χ2v) is 7.63. The lowest BCUT2D eigenvalue weighted by Crippen LogP contribution is -2.49. The second kappa shape index (κ2) is 10.7. The fraction of sp³-hybridized carbons (Fsp3) is 0.750. The van der Waals surface area contributed by atoms with Crippen LogP contribution in [0.2, 0.25) is 0 Å². The number of morpholine rings is 1. The van der Waals surface area contributed by atoms with Gasteiger partial charge in [-0.3, -0.25) is 9.89 Å². The number of nitrogens with one attached hydrogen (secondary N) is 2. The molecule has 0 aromatic carbocycles. The number of hydrogen-bond donors (Lipinski definition) is 2. The number of furan rings is 1. The first-order valence-electron chi connectivity index (χ1n) is 9.98. The molecule has 27 heavy (non-hydrogen) atoms. The number of nitrogens with zero attached hydrogens (tertiary/aromatic N) is 2. The molecule has 154 valence electrons. The summed E-state index contributed by atoms with van der Waals surface area (Å²) in [6.45, 7) is 9.48. The first kappa shape index (κ1) is 22.5. The minimum atomic E-state index is 0. The number of aryl methyl sites for hydroxylation is 1. The van der Waals surface area contributed by atoms with Crippen LogP contribution < -0.4 is 10.6 Å². The summed E-state index contributed by atoms with van der Waals surface area (Å²) in [7, 11) is 1.84. The van der Waals surface area contributed by atoms with Crippen molar-refractivity contribution in [1.82, 2.24) is 15.5 Å². The van der Waals surface area contributed by atoms with Crippen molar-refractivity contribution in [3.05, 3.63) is 23.7 Å². The molecule has 1 aliphatic carbocycles. The van der Waals surface area contributed by atoms with Crippen LogP contribution in [-0.2, 0) is 4.74 Å². The Bertz CT molecular complexity index is 589. The van der Waals surface area contributed by atoms with E-state index in [-0.39, 0.29) is 30.0 Å². The number of ether oxygens (including phenoxy) is 1. The predicted octanol–water partition coefficient (Wildman–Crippen LogP) is 3.32. The van der Waals surface area contributed by atoms with Crippen LogP contribution in [0.25, 0.3) is 0 Å². The zero-order valence-electron chi connectivity index (χ0n) is 16.9. The molecule has 2 N–H and O–H groups in total. The largest absolute Gasteiger partial charge is 0.465 e. The van der Waals surface area contributed by atoms with Gasteiger partial charge in [-0.25, -0.2) is 0 Å². The molecule has 1 aromatic rings. The van der Waals surface area contributed by atoms with Crippen molar-refractivity contribution >= 4 is 29.9 Å². The van der Waals surface area contributed by atoms with E-state index in [2.05, 4.69) is 33.5 Å². The fourth-order valence-corrected chi connectivity index (χ4v) is 3.95. The molecule has 6 nitrogen and oxygen atoms in total. The highest BCUT2D eigenvalue weighted by Gasteiger charge is 2.35. The molecule has 3 rings (SSSR count). The standard InChI is InChI=1S/C20H34N4O2.HI/c1-4-20(8-5-9-20)15-23-19(21-3)22-14-17(18-7-6-16(2)26-18)24-10-12-25-13-11-24;/h6-7,17H,4-5,8-15H2,1-3H3,(H2,21,22,23);1H. The van der Waals surface area contributed by atoms with E-state index in [0.717, 1.165) is 56.9 Å². The van der Waals surface area contributed by atoms with E-state index >= 15 is 0 Å². The van der Waals surface area contributed by atoms with Crippen molar-refractivity contribution in [2.75, 3.05) is 46.4 Å². The lowest BCUT2D eigenvalue weighted by atomic mass is 9.67. The average Bonchev–Trinajstić information content (AvgIpc) is 3.06. The van der Waals surface area contributed by atoms with E-state index < -0.39 is 0 Å². The Morgan fingerprint density at radius 3 is 2.52 bits per heavy atom. The molecule has 0 radical (unpaired) electrons. The zero-order valence-corrected chi connectivity index (χ0v) is 19.3. The summed E-state index contributed by atoms with van der Waals surface area (Å²) in [6, 6.07) is 4.32. The van der Waals surface area contributed by atoms with Gasteiger partial charge in [0.15, 0.2) is 5.96 Å². The Morgan fingerprint density at radius 1 is 1.26 bits per heavy atom. The Hall–Kier alpha value is -0.800. The van der Waals surface area contributed by atoms with Gasteiger partial charge in [-0.1, -0.05) is 13.3 Å². The maximum atomic E-state index is 5.94. The van der Waals surface area contributed by atoms with Gasteiger partial charge in [-0.2, -0.15) is 0 Å². The minimum Gasteiger partial charge on any atom is -0.465 e. The van der Waals surface area contributed by atoms with Crippen molar-refractivity contribution in [2.24, 2.45) is 10.4 Å². The zero-order chi connectivity index (χ0) is 18.4. The summed E-state index contributed by atoms with van der Waals surface area (Å²) < 4.78 is 11.5. The highest BCUT2D eigenvalue weighted by Crippen LogP contribution is 2.43. The fourth-order valence-electron chi connectivity index (χ4n) is 3.95. The first-order chi connectivity index (χ1) is 12.7. The summed E-state index contributed by atoms with van der Waals surface area (Å²) in [5, 5.41) is 7.06. The number of aliphatic imine (C=N–C) groups is 1. The Labute approximate surface area is 180 Å². The van der Waals surface area contributed by atoms with Gasteiger partial charge in [0, 0.05) is 33.2 Å². The Morgan fingerprint density at radius 2 is 2.00 bits per heavy atom. The van der Waals surface area contributed by atoms with E-state index in [4.69, 9.17) is 9.15 Å². The third-order valence-electron chi connectivity index (χ3n) is 6.06. The quantitative estimate of drug-likeness (QED) is 0.349. The molecule has 1 unspecified atom stereocenters. The van der Waals surface area contributed by atoms with E-state index in [1.165, 1.54) is 25.7 Å². The smallest absolute Gasteiger partial charge is 0.191 e. The Kier molecular flexibility index (Phi) is 8.88. The third kappa shape index (κ3) is 5.84. The summed E-state index contributed by atoms with van der Waals surface area (Å²) in [6.07, 6.45) is 5.25. The van der Waals surface area contributed by atoms with Gasteiger partial charge in [0.1, 0.15) is 11.5 Å². The third-order valence-corrected chi connectivity index (χ3v) is 6.06. The molecule has 1 aliphatic heterocycles. The summed E-state index contributed by atoms with van der Waals surface area (Å²) in [5.41, 5.74) is 0.472. The molecule has 0 amide bonds. The number of halogens is 1. The van der Waals surface area contributed by atoms with Crippen LogP contribution in [0.3, 0.4) is 0 Å². The molecule has 1 atom stereocenters. The first-order valence-corrected chi connectivity index (χ1v) is 9.98. The molecule has 2 aliphatic rings. The van der Waals surface area contributed by atoms with E-state index in [1.807, 2.05) is 20.0 Å². The monoisotopic (exact) mass is 490 g/mol.